The van der Waals surface area contributed by atoms with Gasteiger partial charge in [-0.15, -0.1) is 22.9 Å². The van der Waals surface area contributed by atoms with E-state index in [1.165, 1.54) is 16.9 Å². The predicted octanol–water partition coefficient (Wildman–Crippen LogP) is 4.43. The molecule has 4 heteroatoms. The summed E-state index contributed by atoms with van der Waals surface area (Å²) in [7, 11) is 0. The molecule has 0 atom stereocenters. The molecule has 0 radical (unpaired) electrons. The molecule has 0 saturated carbocycles. The van der Waals surface area contributed by atoms with Crippen LogP contribution in [0.15, 0.2) is 29.6 Å². The minimum Gasteiger partial charge on any atom is -0.291 e. The molecule has 0 aliphatic heterocycles. The van der Waals surface area contributed by atoms with Gasteiger partial charge in [-0.2, -0.15) is 0 Å². The van der Waals surface area contributed by atoms with Crippen LogP contribution in [-0.2, 0) is 6.42 Å². The van der Waals surface area contributed by atoms with Crippen LogP contribution < -0.4 is 0 Å². The van der Waals surface area contributed by atoms with Crippen molar-refractivity contribution < 1.29 is 4.79 Å². The Labute approximate surface area is 122 Å². The Morgan fingerprint density at radius 1 is 1.32 bits per heavy atom. The van der Waals surface area contributed by atoms with Crippen molar-refractivity contribution in [3.63, 3.8) is 0 Å². The summed E-state index contributed by atoms with van der Waals surface area (Å²) in [5.41, 5.74) is 2.83. The fourth-order valence-electron chi connectivity index (χ4n) is 1.86. The third-order valence-electron chi connectivity index (χ3n) is 2.76. The van der Waals surface area contributed by atoms with Gasteiger partial charge in [-0.25, -0.2) is 4.98 Å². The summed E-state index contributed by atoms with van der Waals surface area (Å²) >= 11 is 7.00. The largest absolute Gasteiger partial charge is 0.291 e. The fraction of sp³-hybridized carbons (Fsp3) is 0.333. The number of rotatable bonds is 5. The number of carbonyl (C=O) groups is 1. The van der Waals surface area contributed by atoms with E-state index < -0.39 is 0 Å². The van der Waals surface area contributed by atoms with Gasteiger partial charge in [0.05, 0.1) is 5.88 Å². The lowest BCUT2D eigenvalue weighted by Crippen LogP contribution is -2.00. The first-order chi connectivity index (χ1) is 9.10. The number of hydrogen-bond donors (Lipinski definition) is 0. The Morgan fingerprint density at radius 3 is 2.58 bits per heavy atom. The van der Waals surface area contributed by atoms with Crippen LogP contribution in [0.4, 0.5) is 0 Å². The first-order valence-electron chi connectivity index (χ1n) is 6.24. The standard InChI is InChI=1S/C15H16ClNOS/c1-10(2)7-11-3-5-12(6-4-11)15-17-13(9-19-15)14(18)8-16/h3-6,9-10H,7-8H2,1-2H3. The van der Waals surface area contributed by atoms with Gasteiger partial charge in [-0.05, 0) is 17.9 Å². The molecule has 2 aromatic rings. The number of aromatic nitrogens is 1. The monoisotopic (exact) mass is 293 g/mol. The number of benzene rings is 1. The van der Waals surface area contributed by atoms with Gasteiger partial charge in [-0.1, -0.05) is 38.1 Å². The van der Waals surface area contributed by atoms with Gasteiger partial charge in [0.1, 0.15) is 10.7 Å². The van der Waals surface area contributed by atoms with E-state index in [1.807, 2.05) is 0 Å². The lowest BCUT2D eigenvalue weighted by molar-refractivity contribution is 0.101. The maximum absolute atomic E-state index is 11.4. The van der Waals surface area contributed by atoms with Crippen LogP contribution in [0.1, 0.15) is 29.9 Å². The molecule has 0 saturated heterocycles. The molecule has 0 amide bonds. The Morgan fingerprint density at radius 2 is 2.00 bits per heavy atom. The maximum atomic E-state index is 11.4. The Hall–Kier alpha value is -1.19. The number of hydrogen-bond acceptors (Lipinski definition) is 3. The molecule has 0 unspecified atom stereocenters. The van der Waals surface area contributed by atoms with Gasteiger partial charge < -0.3 is 0 Å². The Balaban J connectivity index is 2.18. The van der Waals surface area contributed by atoms with Crippen molar-refractivity contribution in [1.29, 1.82) is 0 Å². The predicted molar refractivity (Wildman–Crippen MR) is 81.1 cm³/mol. The molecule has 1 aromatic heterocycles. The van der Waals surface area contributed by atoms with Crippen molar-refractivity contribution in [2.45, 2.75) is 20.3 Å². The number of thiazole rings is 1. The molecular formula is C15H16ClNOS. The quantitative estimate of drug-likeness (QED) is 0.603. The van der Waals surface area contributed by atoms with Crippen LogP contribution in [0.5, 0.6) is 0 Å². The van der Waals surface area contributed by atoms with Crippen molar-refractivity contribution in [1.82, 2.24) is 4.98 Å². The van der Waals surface area contributed by atoms with Gasteiger partial charge in [0, 0.05) is 10.9 Å². The highest BCUT2D eigenvalue weighted by molar-refractivity contribution is 7.13. The molecule has 2 nitrogen and oxygen atoms in total. The topological polar surface area (TPSA) is 30.0 Å². The fourth-order valence-corrected chi connectivity index (χ4v) is 2.83. The summed E-state index contributed by atoms with van der Waals surface area (Å²) < 4.78 is 0. The van der Waals surface area contributed by atoms with Crippen LogP contribution in [0.25, 0.3) is 10.6 Å². The van der Waals surface area contributed by atoms with Gasteiger partial charge in [0.2, 0.25) is 0 Å². The van der Waals surface area contributed by atoms with Crippen LogP contribution in [-0.4, -0.2) is 16.6 Å². The van der Waals surface area contributed by atoms with E-state index in [9.17, 15) is 4.79 Å². The molecule has 19 heavy (non-hydrogen) atoms. The minimum atomic E-state index is -0.124. The zero-order valence-electron chi connectivity index (χ0n) is 11.0. The van der Waals surface area contributed by atoms with E-state index in [1.54, 1.807) is 5.38 Å². The van der Waals surface area contributed by atoms with Crippen LogP contribution >= 0.6 is 22.9 Å². The molecule has 0 bridgehead atoms. The molecular weight excluding hydrogens is 278 g/mol. The second kappa shape index (κ2) is 6.31. The maximum Gasteiger partial charge on any atom is 0.196 e. The smallest absolute Gasteiger partial charge is 0.196 e. The van der Waals surface area contributed by atoms with Gasteiger partial charge in [0.25, 0.3) is 0 Å². The van der Waals surface area contributed by atoms with Crippen molar-refractivity contribution in [3.05, 3.63) is 40.9 Å². The van der Waals surface area contributed by atoms with Crippen LogP contribution in [0, 0.1) is 5.92 Å². The summed E-state index contributed by atoms with van der Waals surface area (Å²) in [4.78, 5) is 15.8. The van der Waals surface area contributed by atoms with E-state index >= 15 is 0 Å². The summed E-state index contributed by atoms with van der Waals surface area (Å²) in [5.74, 6) is 0.510. The van der Waals surface area contributed by atoms with Gasteiger partial charge >= 0.3 is 0 Å². The van der Waals surface area contributed by atoms with Crippen LogP contribution in [0.2, 0.25) is 0 Å². The number of alkyl halides is 1. The highest BCUT2D eigenvalue weighted by Crippen LogP contribution is 2.24. The summed E-state index contributed by atoms with van der Waals surface area (Å²) in [6.45, 7) is 4.41. The molecule has 0 N–H and O–H groups in total. The average molecular weight is 294 g/mol. The van der Waals surface area contributed by atoms with Gasteiger partial charge in [-0.3, -0.25) is 4.79 Å². The number of ketones is 1. The lowest BCUT2D eigenvalue weighted by atomic mass is 10.0. The summed E-state index contributed by atoms with van der Waals surface area (Å²) in [6.07, 6.45) is 1.08. The Kier molecular flexibility index (Phi) is 4.72. The third-order valence-corrected chi connectivity index (χ3v) is 3.89. The third kappa shape index (κ3) is 3.64. The molecule has 0 aliphatic rings. The van der Waals surface area contributed by atoms with Gasteiger partial charge in [0.15, 0.2) is 5.78 Å². The minimum absolute atomic E-state index is 0.0174. The van der Waals surface area contributed by atoms with Crippen molar-refractivity contribution >= 4 is 28.7 Å². The molecule has 100 valence electrons. The van der Waals surface area contributed by atoms with E-state index in [2.05, 4.69) is 43.1 Å². The normalized spacial score (nSPS) is 10.9. The zero-order valence-corrected chi connectivity index (χ0v) is 12.6. The van der Waals surface area contributed by atoms with E-state index in [4.69, 9.17) is 11.6 Å². The SMILES string of the molecule is CC(C)Cc1ccc(-c2nc(C(=O)CCl)cs2)cc1. The number of Topliss-reactive ketones (excluding diaryl/α,β-unsaturated/α-hetero) is 1. The molecule has 1 aromatic carbocycles. The van der Waals surface area contributed by atoms with E-state index in [0.717, 1.165) is 17.0 Å². The highest BCUT2D eigenvalue weighted by Gasteiger charge is 2.10. The molecule has 0 fully saturated rings. The Bertz CT molecular complexity index is 560. The van der Waals surface area contributed by atoms with E-state index in [-0.39, 0.29) is 11.7 Å². The number of halogens is 1. The second-order valence-corrected chi connectivity index (χ2v) is 6.01. The highest BCUT2D eigenvalue weighted by atomic mass is 35.5. The lowest BCUT2D eigenvalue weighted by Gasteiger charge is -2.05. The second-order valence-electron chi connectivity index (χ2n) is 4.89. The van der Waals surface area contributed by atoms with Crippen LogP contribution in [0.3, 0.4) is 0 Å². The van der Waals surface area contributed by atoms with Crippen molar-refractivity contribution in [2.24, 2.45) is 5.92 Å². The van der Waals surface area contributed by atoms with E-state index in [0.29, 0.717) is 11.6 Å². The molecule has 1 heterocycles. The first-order valence-corrected chi connectivity index (χ1v) is 7.65. The molecule has 0 spiro atoms. The number of nitrogens with zero attached hydrogens (tertiary/aromatic N) is 1. The molecule has 2 rings (SSSR count). The summed E-state index contributed by atoms with van der Waals surface area (Å²) in [5, 5.41) is 2.63. The zero-order chi connectivity index (χ0) is 13.8. The number of carbonyl (C=O) groups excluding carboxylic acids is 1. The summed E-state index contributed by atoms with van der Waals surface area (Å²) in [6, 6.07) is 8.37. The molecule has 0 aliphatic carbocycles. The van der Waals surface area contributed by atoms with Crippen molar-refractivity contribution in [2.75, 3.05) is 5.88 Å². The average Bonchev–Trinajstić information content (AvgIpc) is 2.87. The first kappa shape index (κ1) is 14.2. The van der Waals surface area contributed by atoms with Crippen molar-refractivity contribution in [3.8, 4) is 10.6 Å².